The molecule has 0 spiro atoms. The number of ether oxygens (including phenoxy) is 1. The summed E-state index contributed by atoms with van der Waals surface area (Å²) in [4.78, 5) is 25.0. The first-order valence-corrected chi connectivity index (χ1v) is 11.1. The van der Waals surface area contributed by atoms with Crippen LogP contribution in [0, 0.1) is 5.82 Å². The van der Waals surface area contributed by atoms with Crippen molar-refractivity contribution in [2.75, 3.05) is 12.4 Å². The Morgan fingerprint density at radius 3 is 2.72 bits per heavy atom. The van der Waals surface area contributed by atoms with Gasteiger partial charge in [0.15, 0.2) is 0 Å². The second-order valence-corrected chi connectivity index (χ2v) is 8.34. The Bertz CT molecular complexity index is 1540. The highest BCUT2D eigenvalue weighted by Gasteiger charge is 2.25. The number of nitrogens with one attached hydrogen (secondary N) is 1. The SMILES string of the molecule is COc1cc(Nc2ncc3c(n2)-c2ccc(Cl)cc2C(c2c(O)cccc2F)=NC3)ccc1C(=O)O. The highest BCUT2D eigenvalue weighted by molar-refractivity contribution is 6.31. The fraction of sp³-hybridized carbons (Fsp3) is 0.0769. The minimum atomic E-state index is -1.10. The number of fused-ring (bicyclic) bond motifs is 3. The van der Waals surface area contributed by atoms with Crippen LogP contribution in [0.2, 0.25) is 5.02 Å². The van der Waals surface area contributed by atoms with Crippen LogP contribution >= 0.6 is 11.6 Å². The van der Waals surface area contributed by atoms with Gasteiger partial charge in [-0.25, -0.2) is 19.2 Å². The summed E-state index contributed by atoms with van der Waals surface area (Å²) in [7, 11) is 1.39. The Hall–Kier alpha value is -4.50. The zero-order valence-electron chi connectivity index (χ0n) is 18.8. The van der Waals surface area contributed by atoms with E-state index in [1.54, 1.807) is 30.5 Å². The molecule has 3 N–H and O–H groups in total. The topological polar surface area (TPSA) is 117 Å². The number of carboxylic acid groups (broad SMARTS) is 1. The number of carbonyl (C=O) groups is 1. The summed E-state index contributed by atoms with van der Waals surface area (Å²) in [5.74, 6) is -1.52. The van der Waals surface area contributed by atoms with Gasteiger partial charge in [0.05, 0.1) is 30.6 Å². The van der Waals surface area contributed by atoms with Gasteiger partial charge in [-0.2, -0.15) is 0 Å². The normalized spacial score (nSPS) is 12.1. The van der Waals surface area contributed by atoms with Gasteiger partial charge in [0.2, 0.25) is 5.95 Å². The molecule has 1 aromatic heterocycles. The van der Waals surface area contributed by atoms with E-state index in [2.05, 4.69) is 20.3 Å². The zero-order valence-corrected chi connectivity index (χ0v) is 19.5. The Balaban J connectivity index is 1.59. The smallest absolute Gasteiger partial charge is 0.339 e. The van der Waals surface area contributed by atoms with Gasteiger partial charge in [-0.3, -0.25) is 4.99 Å². The molecule has 4 aromatic rings. The molecule has 5 rings (SSSR count). The van der Waals surface area contributed by atoms with E-state index in [1.807, 2.05) is 0 Å². The Morgan fingerprint density at radius 2 is 1.97 bits per heavy atom. The molecule has 0 aliphatic carbocycles. The highest BCUT2D eigenvalue weighted by atomic mass is 35.5. The number of aromatic carboxylic acids is 1. The van der Waals surface area contributed by atoms with Gasteiger partial charge in [-0.05, 0) is 36.4 Å². The summed E-state index contributed by atoms with van der Waals surface area (Å²) in [6, 6.07) is 13.7. The van der Waals surface area contributed by atoms with Crippen molar-refractivity contribution in [3.63, 3.8) is 0 Å². The molecular weight excluding hydrogens is 487 g/mol. The monoisotopic (exact) mass is 504 g/mol. The fourth-order valence-electron chi connectivity index (χ4n) is 4.02. The summed E-state index contributed by atoms with van der Waals surface area (Å²) in [6.45, 7) is 0.145. The third-order valence-electron chi connectivity index (χ3n) is 5.68. The van der Waals surface area contributed by atoms with Gasteiger partial charge in [0.25, 0.3) is 0 Å². The number of carboxylic acids is 1. The third kappa shape index (κ3) is 4.20. The van der Waals surface area contributed by atoms with Crippen molar-refractivity contribution in [1.82, 2.24) is 9.97 Å². The molecule has 0 unspecified atom stereocenters. The number of aromatic nitrogens is 2. The van der Waals surface area contributed by atoms with Crippen molar-refractivity contribution in [3.05, 3.63) is 93.9 Å². The van der Waals surface area contributed by atoms with Crippen molar-refractivity contribution in [2.45, 2.75) is 6.54 Å². The van der Waals surface area contributed by atoms with Crippen molar-refractivity contribution >= 4 is 34.9 Å². The zero-order chi connectivity index (χ0) is 25.4. The second kappa shape index (κ2) is 9.27. The number of anilines is 2. The number of methoxy groups -OCH3 is 1. The fourth-order valence-corrected chi connectivity index (χ4v) is 4.19. The summed E-state index contributed by atoms with van der Waals surface area (Å²) in [5.41, 5.74) is 3.18. The van der Waals surface area contributed by atoms with E-state index in [0.29, 0.717) is 33.1 Å². The highest BCUT2D eigenvalue weighted by Crippen LogP contribution is 2.36. The van der Waals surface area contributed by atoms with Crippen LogP contribution in [0.4, 0.5) is 16.0 Å². The quantitative estimate of drug-likeness (QED) is 0.331. The molecule has 2 heterocycles. The second-order valence-electron chi connectivity index (χ2n) is 7.90. The molecule has 3 aromatic carbocycles. The summed E-state index contributed by atoms with van der Waals surface area (Å²) in [5, 5.41) is 23.2. The molecule has 0 radical (unpaired) electrons. The number of hydrogen-bond donors (Lipinski definition) is 3. The van der Waals surface area contributed by atoms with Crippen LogP contribution in [-0.2, 0) is 6.54 Å². The van der Waals surface area contributed by atoms with Crippen LogP contribution in [-0.4, -0.2) is 39.0 Å². The first kappa shape index (κ1) is 23.3. The lowest BCUT2D eigenvalue weighted by Gasteiger charge is -2.14. The molecule has 1 aliphatic rings. The molecule has 180 valence electrons. The molecule has 0 saturated heterocycles. The van der Waals surface area contributed by atoms with Crippen LogP contribution in [0.15, 0.2) is 65.8 Å². The lowest BCUT2D eigenvalue weighted by atomic mass is 9.94. The largest absolute Gasteiger partial charge is 0.507 e. The van der Waals surface area contributed by atoms with Crippen molar-refractivity contribution in [3.8, 4) is 22.8 Å². The minimum Gasteiger partial charge on any atom is -0.507 e. The molecule has 1 aliphatic heterocycles. The van der Waals surface area contributed by atoms with E-state index in [9.17, 15) is 19.4 Å². The number of rotatable bonds is 5. The first-order valence-electron chi connectivity index (χ1n) is 10.7. The summed E-state index contributed by atoms with van der Waals surface area (Å²) >= 11 is 6.28. The average Bonchev–Trinajstić information content (AvgIpc) is 3.00. The molecule has 0 fully saturated rings. The number of benzene rings is 3. The number of aromatic hydroxyl groups is 1. The van der Waals surface area contributed by atoms with Crippen LogP contribution in [0.3, 0.4) is 0 Å². The van der Waals surface area contributed by atoms with Gasteiger partial charge in [0, 0.05) is 39.7 Å². The lowest BCUT2D eigenvalue weighted by Crippen LogP contribution is -2.08. The van der Waals surface area contributed by atoms with E-state index in [4.69, 9.17) is 16.3 Å². The molecule has 0 bridgehead atoms. The van der Waals surface area contributed by atoms with E-state index >= 15 is 0 Å². The third-order valence-corrected chi connectivity index (χ3v) is 5.92. The van der Waals surface area contributed by atoms with Crippen LogP contribution in [0.5, 0.6) is 11.5 Å². The van der Waals surface area contributed by atoms with Crippen LogP contribution in [0.25, 0.3) is 11.3 Å². The molecule has 36 heavy (non-hydrogen) atoms. The number of phenolic OH excluding ortho intramolecular Hbond substituents is 1. The van der Waals surface area contributed by atoms with Crippen molar-refractivity contribution < 1.29 is 24.1 Å². The van der Waals surface area contributed by atoms with E-state index in [-0.39, 0.29) is 40.8 Å². The first-order chi connectivity index (χ1) is 17.4. The van der Waals surface area contributed by atoms with Crippen LogP contribution < -0.4 is 10.1 Å². The summed E-state index contributed by atoms with van der Waals surface area (Å²) < 4.78 is 20.0. The van der Waals surface area contributed by atoms with Crippen molar-refractivity contribution in [1.29, 1.82) is 0 Å². The lowest BCUT2D eigenvalue weighted by molar-refractivity contribution is 0.0693. The number of phenols is 1. The van der Waals surface area contributed by atoms with Gasteiger partial charge < -0.3 is 20.3 Å². The predicted molar refractivity (Wildman–Crippen MR) is 133 cm³/mol. The number of aliphatic imine (C=N–C) groups is 1. The van der Waals surface area contributed by atoms with Crippen molar-refractivity contribution in [2.24, 2.45) is 4.99 Å². The van der Waals surface area contributed by atoms with Gasteiger partial charge in [0.1, 0.15) is 22.9 Å². The predicted octanol–water partition coefficient (Wildman–Crippen LogP) is 5.44. The van der Waals surface area contributed by atoms with E-state index in [0.717, 1.165) is 0 Å². The molecule has 0 amide bonds. The van der Waals surface area contributed by atoms with Gasteiger partial charge >= 0.3 is 5.97 Å². The Kier molecular flexibility index (Phi) is 5.99. The summed E-state index contributed by atoms with van der Waals surface area (Å²) in [6.07, 6.45) is 1.61. The maximum absolute atomic E-state index is 14.8. The van der Waals surface area contributed by atoms with E-state index in [1.165, 1.54) is 37.4 Å². The molecule has 0 saturated carbocycles. The molecular formula is C26H18ClFN4O4. The standard InChI is InChI=1S/C26H18ClFN4O4/c1-36-21-10-15(6-8-17(21)25(34)35)31-26-30-12-13-11-29-24(22-19(28)3-2-4-20(22)33)18-9-14(27)5-7-16(18)23(13)32-26/h2-10,12,33H,11H2,1H3,(H,34,35)(H,30,31,32). The Morgan fingerprint density at radius 1 is 1.14 bits per heavy atom. The number of halogens is 2. The minimum absolute atomic E-state index is 0.0225. The van der Waals surface area contributed by atoms with Gasteiger partial charge in [-0.15, -0.1) is 0 Å². The Labute approximate surface area is 209 Å². The molecule has 0 atom stereocenters. The van der Waals surface area contributed by atoms with Gasteiger partial charge in [-0.1, -0.05) is 23.7 Å². The maximum atomic E-state index is 14.8. The molecule has 8 nitrogen and oxygen atoms in total. The number of hydrogen-bond acceptors (Lipinski definition) is 7. The maximum Gasteiger partial charge on any atom is 0.339 e. The van der Waals surface area contributed by atoms with E-state index < -0.39 is 11.8 Å². The number of nitrogens with zero attached hydrogens (tertiary/aromatic N) is 3. The average molecular weight is 505 g/mol. The van der Waals surface area contributed by atoms with Crippen LogP contribution in [0.1, 0.15) is 27.0 Å². The molecule has 10 heteroatoms.